The van der Waals surface area contributed by atoms with Crippen LogP contribution in [-0.4, -0.2) is 28.6 Å². The van der Waals surface area contributed by atoms with Crippen LogP contribution in [0.3, 0.4) is 0 Å². The number of hydrogen-bond acceptors (Lipinski definition) is 4. The fourth-order valence-corrected chi connectivity index (χ4v) is 3.39. The maximum Gasteiger partial charge on any atom is 0.236 e. The Hall–Kier alpha value is -0.940. The molecule has 1 heterocycles. The molecule has 0 saturated carbocycles. The van der Waals surface area contributed by atoms with E-state index in [2.05, 4.69) is 4.90 Å². The second kappa shape index (κ2) is 6.01. The number of piperidine rings is 1. The molecule has 0 atom stereocenters. The molecule has 0 bridgehead atoms. The molecule has 0 aliphatic carbocycles. The summed E-state index contributed by atoms with van der Waals surface area (Å²) in [4.78, 5) is 2.22. The highest BCUT2D eigenvalue weighted by Crippen LogP contribution is 2.29. The van der Waals surface area contributed by atoms with Crippen molar-refractivity contribution >= 4 is 25.4 Å². The van der Waals surface area contributed by atoms with E-state index in [4.69, 9.17) is 15.4 Å². The third-order valence-electron chi connectivity index (χ3n) is 3.31. The van der Waals surface area contributed by atoms with Crippen LogP contribution in [0.4, 0.5) is 5.69 Å². The molecule has 106 valence electrons. The minimum absolute atomic E-state index is 0.169. The van der Waals surface area contributed by atoms with Gasteiger partial charge in [0, 0.05) is 29.5 Å². The summed E-state index contributed by atoms with van der Waals surface area (Å²) in [5.41, 5.74) is 1.65. The summed E-state index contributed by atoms with van der Waals surface area (Å²) in [6.07, 6.45) is 3.51. The van der Waals surface area contributed by atoms with Crippen LogP contribution in [0, 0.1) is 0 Å². The molecule has 0 unspecified atom stereocenters. The summed E-state index contributed by atoms with van der Waals surface area (Å²) < 4.78 is 27.8. The molecule has 6 heteroatoms. The predicted molar refractivity (Wildman–Crippen MR) is 77.5 cm³/mol. The Morgan fingerprint density at radius 2 is 1.95 bits per heavy atom. The first kappa shape index (κ1) is 14.5. The minimum atomic E-state index is -3.57. The number of hydrogen-bond donors (Lipinski definition) is 0. The van der Waals surface area contributed by atoms with Gasteiger partial charge in [0.1, 0.15) is 5.75 Å². The molecule has 0 amide bonds. The van der Waals surface area contributed by atoms with Crippen molar-refractivity contribution in [3.8, 4) is 5.75 Å². The lowest BCUT2D eigenvalue weighted by atomic mass is 10.1. The Bertz CT molecular complexity index is 539. The fourth-order valence-electron chi connectivity index (χ4n) is 2.43. The summed E-state index contributed by atoms with van der Waals surface area (Å²) in [5.74, 6) is 0.480. The normalized spacial score (nSPS) is 16.4. The third kappa shape index (κ3) is 4.01. The van der Waals surface area contributed by atoms with Gasteiger partial charge in [0.25, 0.3) is 0 Å². The summed E-state index contributed by atoms with van der Waals surface area (Å²) >= 11 is 0. The van der Waals surface area contributed by atoms with Gasteiger partial charge in [0.05, 0.1) is 12.9 Å². The number of ether oxygens (including phenoxy) is 1. The van der Waals surface area contributed by atoms with Crippen molar-refractivity contribution in [1.29, 1.82) is 0 Å². The first-order valence-electron chi connectivity index (χ1n) is 6.34. The molecule has 2 rings (SSSR count). The SMILES string of the molecule is COc1ccc(N2CCCCC2)c(CS(=O)(=O)Cl)c1. The molecule has 1 aromatic rings. The van der Waals surface area contributed by atoms with E-state index in [0.29, 0.717) is 11.3 Å². The molecular formula is C13H18ClNO3S. The van der Waals surface area contributed by atoms with E-state index >= 15 is 0 Å². The van der Waals surface area contributed by atoms with Gasteiger partial charge in [-0.15, -0.1) is 0 Å². The molecule has 1 aliphatic heterocycles. The van der Waals surface area contributed by atoms with Crippen LogP contribution in [0.15, 0.2) is 18.2 Å². The van der Waals surface area contributed by atoms with Crippen molar-refractivity contribution in [3.63, 3.8) is 0 Å². The summed E-state index contributed by atoms with van der Waals surface area (Å²) in [6.45, 7) is 1.92. The first-order valence-corrected chi connectivity index (χ1v) is 8.81. The third-order valence-corrected chi connectivity index (χ3v) is 4.29. The largest absolute Gasteiger partial charge is 0.497 e. The molecular weight excluding hydrogens is 286 g/mol. The molecule has 0 N–H and O–H groups in total. The average molecular weight is 304 g/mol. The van der Waals surface area contributed by atoms with E-state index in [9.17, 15) is 8.42 Å². The number of anilines is 1. The lowest BCUT2D eigenvalue weighted by Crippen LogP contribution is -2.30. The van der Waals surface area contributed by atoms with E-state index < -0.39 is 9.05 Å². The lowest BCUT2D eigenvalue weighted by Gasteiger charge is -2.30. The summed E-state index contributed by atoms with van der Waals surface area (Å²) in [7, 11) is 3.38. The van der Waals surface area contributed by atoms with Gasteiger partial charge in [0.15, 0.2) is 0 Å². The molecule has 0 spiro atoms. The fraction of sp³-hybridized carbons (Fsp3) is 0.538. The second-order valence-electron chi connectivity index (χ2n) is 4.73. The van der Waals surface area contributed by atoms with E-state index in [0.717, 1.165) is 31.6 Å². The van der Waals surface area contributed by atoms with Gasteiger partial charge in [-0.3, -0.25) is 0 Å². The van der Waals surface area contributed by atoms with Crippen LogP contribution in [-0.2, 0) is 14.8 Å². The van der Waals surface area contributed by atoms with Gasteiger partial charge in [-0.2, -0.15) is 0 Å². The van der Waals surface area contributed by atoms with Crippen molar-refractivity contribution in [2.24, 2.45) is 0 Å². The molecule has 19 heavy (non-hydrogen) atoms. The maximum absolute atomic E-state index is 11.3. The highest BCUT2D eigenvalue weighted by atomic mass is 35.7. The van der Waals surface area contributed by atoms with Crippen molar-refractivity contribution < 1.29 is 13.2 Å². The van der Waals surface area contributed by atoms with Crippen LogP contribution < -0.4 is 9.64 Å². The minimum Gasteiger partial charge on any atom is -0.497 e. The molecule has 1 aliphatic rings. The maximum atomic E-state index is 11.3. The van der Waals surface area contributed by atoms with Gasteiger partial charge in [-0.25, -0.2) is 8.42 Å². The average Bonchev–Trinajstić information content (AvgIpc) is 2.38. The standard InChI is InChI=1S/C13H18ClNO3S/c1-18-12-5-6-13(15-7-3-2-4-8-15)11(9-12)10-19(14,16)17/h5-6,9H,2-4,7-8,10H2,1H3. The van der Waals surface area contributed by atoms with Gasteiger partial charge in [0.2, 0.25) is 9.05 Å². The van der Waals surface area contributed by atoms with Gasteiger partial charge >= 0.3 is 0 Å². The Balaban J connectivity index is 2.34. The number of halogens is 1. The molecule has 4 nitrogen and oxygen atoms in total. The van der Waals surface area contributed by atoms with Crippen molar-refractivity contribution in [1.82, 2.24) is 0 Å². The van der Waals surface area contributed by atoms with E-state index in [-0.39, 0.29) is 5.75 Å². The Morgan fingerprint density at radius 3 is 2.53 bits per heavy atom. The number of methoxy groups -OCH3 is 1. The van der Waals surface area contributed by atoms with Crippen LogP contribution in [0.25, 0.3) is 0 Å². The number of nitrogens with zero attached hydrogens (tertiary/aromatic N) is 1. The topological polar surface area (TPSA) is 46.6 Å². The van der Waals surface area contributed by atoms with Crippen LogP contribution >= 0.6 is 10.7 Å². The Kier molecular flexibility index (Phi) is 4.58. The van der Waals surface area contributed by atoms with E-state index in [1.807, 2.05) is 12.1 Å². The molecule has 1 saturated heterocycles. The molecule has 0 aromatic heterocycles. The van der Waals surface area contributed by atoms with Crippen molar-refractivity contribution in [2.75, 3.05) is 25.1 Å². The van der Waals surface area contributed by atoms with Gasteiger partial charge in [-0.05, 0) is 43.0 Å². The summed E-state index contributed by atoms with van der Waals surface area (Å²) in [6, 6.07) is 5.53. The first-order chi connectivity index (χ1) is 8.99. The van der Waals surface area contributed by atoms with Crippen LogP contribution in [0.1, 0.15) is 24.8 Å². The monoisotopic (exact) mass is 303 g/mol. The zero-order valence-corrected chi connectivity index (χ0v) is 12.5. The van der Waals surface area contributed by atoms with Crippen LogP contribution in [0.2, 0.25) is 0 Å². The zero-order chi connectivity index (χ0) is 13.9. The number of rotatable bonds is 4. The second-order valence-corrected chi connectivity index (χ2v) is 7.50. The molecule has 1 fully saturated rings. The Labute approximate surface area is 118 Å². The summed E-state index contributed by atoms with van der Waals surface area (Å²) in [5, 5.41) is 0. The quantitative estimate of drug-likeness (QED) is 0.803. The smallest absolute Gasteiger partial charge is 0.236 e. The van der Waals surface area contributed by atoms with Crippen molar-refractivity contribution in [2.45, 2.75) is 25.0 Å². The number of benzene rings is 1. The van der Waals surface area contributed by atoms with E-state index in [1.165, 1.54) is 6.42 Å². The van der Waals surface area contributed by atoms with Crippen molar-refractivity contribution in [3.05, 3.63) is 23.8 Å². The zero-order valence-electron chi connectivity index (χ0n) is 10.9. The van der Waals surface area contributed by atoms with Crippen LogP contribution in [0.5, 0.6) is 5.75 Å². The highest BCUT2D eigenvalue weighted by Gasteiger charge is 2.18. The predicted octanol–water partition coefficient (Wildman–Crippen LogP) is 2.75. The van der Waals surface area contributed by atoms with Gasteiger partial charge < -0.3 is 9.64 Å². The molecule has 0 radical (unpaired) electrons. The Morgan fingerprint density at radius 1 is 1.26 bits per heavy atom. The molecule has 1 aromatic carbocycles. The lowest BCUT2D eigenvalue weighted by molar-refractivity contribution is 0.414. The highest BCUT2D eigenvalue weighted by molar-refractivity contribution is 8.13. The van der Waals surface area contributed by atoms with Gasteiger partial charge in [-0.1, -0.05) is 0 Å². The van der Waals surface area contributed by atoms with E-state index in [1.54, 1.807) is 13.2 Å².